The Morgan fingerprint density at radius 3 is 2.31 bits per heavy atom. The van der Waals surface area contributed by atoms with Crippen molar-refractivity contribution >= 4 is 25.4 Å². The first-order chi connectivity index (χ1) is 6.29. The number of rotatable bonds is 2. The Labute approximate surface area is 87.4 Å². The first kappa shape index (κ1) is 9.25. The van der Waals surface area contributed by atoms with Crippen LogP contribution in [0.15, 0.2) is 28.3 Å². The van der Waals surface area contributed by atoms with E-state index in [0.717, 1.165) is 6.42 Å². The first-order valence-electron chi connectivity index (χ1n) is 4.64. The molecule has 1 aromatic rings. The molecule has 1 aromatic carbocycles. The summed E-state index contributed by atoms with van der Waals surface area (Å²) in [6, 6.07) is 9.05. The topological polar surface area (TPSA) is 0 Å². The molecule has 0 nitrogen and oxygen atoms in total. The predicted octanol–water partition coefficient (Wildman–Crippen LogP) is 3.74. The third-order valence-corrected chi connectivity index (χ3v) is 6.25. The van der Waals surface area contributed by atoms with Crippen molar-refractivity contribution in [1.82, 2.24) is 0 Å². The number of allylic oxidation sites excluding steroid dienone is 1. The van der Waals surface area contributed by atoms with Crippen LogP contribution in [-0.2, 0) is 6.42 Å². The van der Waals surface area contributed by atoms with Crippen molar-refractivity contribution in [2.24, 2.45) is 0 Å². The number of hydrogen-bond acceptors (Lipinski definition) is 0. The number of benzene rings is 1. The van der Waals surface area contributed by atoms with Crippen LogP contribution in [0.3, 0.4) is 0 Å². The average Bonchev–Trinajstić information content (AvgIpc) is 2.13. The summed E-state index contributed by atoms with van der Waals surface area (Å²) in [6.07, 6.45) is 1.14. The van der Waals surface area contributed by atoms with E-state index in [0.29, 0.717) is 0 Å². The second-order valence-electron chi connectivity index (χ2n) is 3.46. The van der Waals surface area contributed by atoms with Crippen molar-refractivity contribution in [3.63, 3.8) is 0 Å². The molecule has 1 aliphatic rings. The van der Waals surface area contributed by atoms with E-state index in [4.69, 9.17) is 0 Å². The van der Waals surface area contributed by atoms with Crippen molar-refractivity contribution in [1.29, 1.82) is 0 Å². The van der Waals surface area contributed by atoms with E-state index in [1.54, 1.807) is 5.57 Å². The van der Waals surface area contributed by atoms with Crippen molar-refractivity contribution < 1.29 is 0 Å². The van der Waals surface area contributed by atoms with Crippen molar-refractivity contribution in [3.05, 3.63) is 39.5 Å². The molecule has 70 valence electrons. The molecule has 1 heteroatoms. The molecular weight excluding hydrogens is 271 g/mol. The molecule has 0 spiro atoms. The van der Waals surface area contributed by atoms with E-state index >= 15 is 0 Å². The summed E-state index contributed by atoms with van der Waals surface area (Å²) in [5, 5.41) is 0. The van der Waals surface area contributed by atoms with Gasteiger partial charge in [-0.1, -0.05) is 0 Å². The second kappa shape index (κ2) is 3.82. The van der Waals surface area contributed by atoms with Crippen LogP contribution in [0, 0.1) is 0 Å². The summed E-state index contributed by atoms with van der Waals surface area (Å²) in [5.74, 6) is 0. The SMILES string of the molecule is CCc1ccc(C2=CI(C)C2)cc1. The molecule has 0 aromatic heterocycles. The molecule has 0 unspecified atom stereocenters. The third-order valence-electron chi connectivity index (χ3n) is 2.41. The van der Waals surface area contributed by atoms with Crippen LogP contribution in [0.5, 0.6) is 0 Å². The fraction of sp³-hybridized carbons (Fsp3) is 0.333. The van der Waals surface area contributed by atoms with Gasteiger partial charge in [0.25, 0.3) is 0 Å². The monoisotopic (exact) mass is 286 g/mol. The van der Waals surface area contributed by atoms with Crippen LogP contribution in [0.2, 0.25) is 0 Å². The Morgan fingerprint density at radius 2 is 1.85 bits per heavy atom. The van der Waals surface area contributed by atoms with Crippen molar-refractivity contribution in [3.8, 4) is 0 Å². The summed E-state index contributed by atoms with van der Waals surface area (Å²) in [4.78, 5) is 2.42. The Bertz CT molecular complexity index is 321. The molecule has 0 aliphatic carbocycles. The molecule has 0 amide bonds. The Kier molecular flexibility index (Phi) is 2.72. The molecule has 0 atom stereocenters. The number of aryl methyl sites for hydroxylation is 1. The average molecular weight is 286 g/mol. The first-order valence-corrected chi connectivity index (χ1v) is 9.57. The van der Waals surface area contributed by atoms with E-state index < -0.39 is 19.8 Å². The summed E-state index contributed by atoms with van der Waals surface area (Å²) in [5.41, 5.74) is 4.48. The van der Waals surface area contributed by atoms with Gasteiger partial charge in [-0.2, -0.15) is 0 Å². The van der Waals surface area contributed by atoms with E-state index in [1.165, 1.54) is 15.6 Å². The van der Waals surface area contributed by atoms with Gasteiger partial charge < -0.3 is 0 Å². The van der Waals surface area contributed by atoms with E-state index in [1.807, 2.05) is 0 Å². The molecule has 0 radical (unpaired) electrons. The number of alkyl halides is 2. The zero-order valence-electron chi connectivity index (χ0n) is 8.18. The van der Waals surface area contributed by atoms with Gasteiger partial charge >= 0.3 is 87.6 Å². The van der Waals surface area contributed by atoms with Crippen LogP contribution in [0.4, 0.5) is 0 Å². The molecule has 1 heterocycles. The van der Waals surface area contributed by atoms with Gasteiger partial charge in [0.2, 0.25) is 0 Å². The standard InChI is InChI=1S/C12H15I/c1-3-10-4-6-11(7-5-10)12-8-13(2)9-12/h4-8H,3,9H2,1-2H3. The number of halogens is 1. The summed E-state index contributed by atoms with van der Waals surface area (Å²) in [7, 11) is 0. The minimum absolute atomic E-state index is 0.528. The second-order valence-corrected chi connectivity index (χ2v) is 8.50. The predicted molar refractivity (Wildman–Crippen MR) is 68.6 cm³/mol. The summed E-state index contributed by atoms with van der Waals surface area (Å²) >= 11 is -0.528. The Balaban J connectivity index is 2.19. The van der Waals surface area contributed by atoms with E-state index in [-0.39, 0.29) is 0 Å². The van der Waals surface area contributed by atoms with Crippen molar-refractivity contribution in [2.45, 2.75) is 13.3 Å². The van der Waals surface area contributed by atoms with Crippen LogP contribution in [0.1, 0.15) is 18.1 Å². The molecule has 0 N–H and O–H groups in total. The zero-order valence-corrected chi connectivity index (χ0v) is 10.3. The molecule has 0 saturated carbocycles. The van der Waals surface area contributed by atoms with Gasteiger partial charge in [0.05, 0.1) is 0 Å². The molecule has 0 fully saturated rings. The van der Waals surface area contributed by atoms with Crippen LogP contribution < -0.4 is 0 Å². The van der Waals surface area contributed by atoms with Gasteiger partial charge in [-0.25, -0.2) is 0 Å². The van der Waals surface area contributed by atoms with Crippen LogP contribution in [-0.4, -0.2) is 9.36 Å². The zero-order chi connectivity index (χ0) is 9.26. The maximum atomic E-state index is 2.52. The molecule has 1 aliphatic heterocycles. The summed E-state index contributed by atoms with van der Waals surface area (Å²) in [6.45, 7) is 2.20. The Morgan fingerprint density at radius 1 is 1.23 bits per heavy atom. The van der Waals surface area contributed by atoms with Crippen LogP contribution in [0.25, 0.3) is 5.57 Å². The molecule has 0 saturated heterocycles. The van der Waals surface area contributed by atoms with Gasteiger partial charge in [-0.3, -0.25) is 0 Å². The van der Waals surface area contributed by atoms with Crippen molar-refractivity contribution in [2.75, 3.05) is 9.36 Å². The minimum atomic E-state index is -0.528. The summed E-state index contributed by atoms with van der Waals surface area (Å²) < 4.78 is 3.93. The fourth-order valence-corrected chi connectivity index (χ4v) is 4.78. The molecule has 13 heavy (non-hydrogen) atoms. The van der Waals surface area contributed by atoms with Gasteiger partial charge in [-0.15, -0.1) is 0 Å². The normalized spacial score (nSPS) is 18.0. The van der Waals surface area contributed by atoms with E-state index in [2.05, 4.69) is 40.2 Å². The van der Waals surface area contributed by atoms with Crippen LogP contribution >= 0.6 is 19.8 Å². The van der Waals surface area contributed by atoms with Gasteiger partial charge in [0.15, 0.2) is 0 Å². The third kappa shape index (κ3) is 1.96. The quantitative estimate of drug-likeness (QED) is 0.574. The molecule has 2 rings (SSSR count). The fourth-order valence-electron chi connectivity index (χ4n) is 1.52. The van der Waals surface area contributed by atoms with Gasteiger partial charge in [-0.05, 0) is 0 Å². The Hall–Kier alpha value is -0.310. The van der Waals surface area contributed by atoms with E-state index in [9.17, 15) is 0 Å². The van der Waals surface area contributed by atoms with Gasteiger partial charge in [0.1, 0.15) is 0 Å². The molecule has 0 bridgehead atoms. The molecular formula is C12H15I. The van der Waals surface area contributed by atoms with Gasteiger partial charge in [0, 0.05) is 0 Å². The maximum absolute atomic E-state index is 2.52. The number of hydrogen-bond donors (Lipinski definition) is 0.